The minimum Gasteiger partial charge on any atom is -0.508 e. The number of rotatable bonds is 5. The van der Waals surface area contributed by atoms with Gasteiger partial charge >= 0.3 is 0 Å². The second kappa shape index (κ2) is 9.54. The number of fused-ring (bicyclic) bond motifs is 2. The lowest BCUT2D eigenvalue weighted by Crippen LogP contribution is -2.19. The van der Waals surface area contributed by atoms with Crippen LogP contribution in [0, 0.1) is 5.82 Å². The lowest BCUT2D eigenvalue weighted by atomic mass is 9.98. The van der Waals surface area contributed by atoms with Crippen molar-refractivity contribution >= 4 is 21.9 Å². The van der Waals surface area contributed by atoms with Gasteiger partial charge in [0, 0.05) is 45.9 Å². The van der Waals surface area contributed by atoms with Crippen LogP contribution in [-0.2, 0) is 0 Å². The van der Waals surface area contributed by atoms with Crippen molar-refractivity contribution in [1.29, 1.82) is 0 Å². The lowest BCUT2D eigenvalue weighted by Gasteiger charge is -2.23. The third-order valence-corrected chi connectivity index (χ3v) is 7.44. The van der Waals surface area contributed by atoms with E-state index in [0.29, 0.717) is 11.2 Å². The Hall–Kier alpha value is -4.72. The molecule has 0 aliphatic heterocycles. The Morgan fingerprint density at radius 3 is 2.62 bits per heavy atom. The molecule has 7 nitrogen and oxygen atoms in total. The zero-order valence-electron chi connectivity index (χ0n) is 21.1. The van der Waals surface area contributed by atoms with Crippen molar-refractivity contribution in [2.45, 2.75) is 38.2 Å². The molecule has 194 valence electrons. The first kappa shape index (κ1) is 23.4. The minimum atomic E-state index is -0.487. The van der Waals surface area contributed by atoms with Gasteiger partial charge in [-0.2, -0.15) is 5.10 Å². The van der Waals surface area contributed by atoms with Crippen LogP contribution in [0.2, 0.25) is 0 Å². The molecule has 2 aromatic carbocycles. The number of nitrogens with one attached hydrogen (secondary N) is 2. The number of hydrogen-bond acceptors (Lipinski definition) is 5. The fraction of sp³-hybridized carbons (Fsp3) is 0.194. The Labute approximate surface area is 223 Å². The average molecular weight is 520 g/mol. The number of pyridine rings is 2. The number of nitrogens with zero attached hydrogens (tertiary/aromatic N) is 3. The van der Waals surface area contributed by atoms with E-state index in [1.165, 1.54) is 25.3 Å². The number of H-pyrrole nitrogens is 2. The van der Waals surface area contributed by atoms with E-state index in [-0.39, 0.29) is 11.9 Å². The fourth-order valence-corrected chi connectivity index (χ4v) is 5.55. The first-order valence-corrected chi connectivity index (χ1v) is 13.2. The molecule has 0 spiro atoms. The van der Waals surface area contributed by atoms with Gasteiger partial charge in [-0.3, -0.25) is 10.1 Å². The van der Waals surface area contributed by atoms with Gasteiger partial charge in [0.15, 0.2) is 5.65 Å². The average Bonchev–Trinajstić information content (AvgIpc) is 3.57. The summed E-state index contributed by atoms with van der Waals surface area (Å²) in [5.74, 6) is 0.177. The monoisotopic (exact) mass is 519 g/mol. The number of aromatic amines is 2. The third-order valence-electron chi connectivity index (χ3n) is 7.44. The highest BCUT2D eigenvalue weighted by molar-refractivity contribution is 6.01. The number of aromatic hydroxyl groups is 1. The Bertz CT molecular complexity index is 1800. The summed E-state index contributed by atoms with van der Waals surface area (Å²) in [5.41, 5.74) is 6.37. The Balaban J connectivity index is 1.26. The van der Waals surface area contributed by atoms with Crippen LogP contribution in [0.1, 0.15) is 32.1 Å². The van der Waals surface area contributed by atoms with Crippen LogP contribution in [0.4, 0.5) is 4.39 Å². The van der Waals surface area contributed by atoms with Crippen molar-refractivity contribution in [1.82, 2.24) is 25.1 Å². The fourth-order valence-electron chi connectivity index (χ4n) is 5.55. The smallest absolute Gasteiger partial charge is 0.181 e. The number of aromatic nitrogens is 5. The van der Waals surface area contributed by atoms with Crippen LogP contribution in [0.15, 0.2) is 73.2 Å². The summed E-state index contributed by atoms with van der Waals surface area (Å²) in [6.07, 6.45) is 11.5. The maximum absolute atomic E-state index is 14.0. The van der Waals surface area contributed by atoms with E-state index < -0.39 is 5.82 Å². The standard InChI is InChI=1S/C31H26FN5O2/c32-21-9-18(10-22(38)13-21)25-7-4-8-28-26(25)14-29(35-28)30-27-12-20(16-34-31(27)37-36-30)19-11-24(17-33-15-19)39-23-5-2-1-3-6-23/h4,7-17,23,35,38H,1-3,5-6H2,(H,34,36,37). The molecule has 1 fully saturated rings. The van der Waals surface area contributed by atoms with Crippen molar-refractivity contribution in [3.8, 4) is 45.1 Å². The molecule has 0 bridgehead atoms. The van der Waals surface area contributed by atoms with Crippen molar-refractivity contribution in [3.05, 3.63) is 79.0 Å². The number of ether oxygens (including phenoxy) is 1. The molecule has 0 amide bonds. The molecule has 8 heteroatoms. The highest BCUT2D eigenvalue weighted by Gasteiger charge is 2.17. The summed E-state index contributed by atoms with van der Waals surface area (Å²) >= 11 is 0. The van der Waals surface area contributed by atoms with E-state index in [1.807, 2.05) is 36.5 Å². The summed E-state index contributed by atoms with van der Waals surface area (Å²) in [4.78, 5) is 12.5. The number of phenolic OH excluding ortho intramolecular Hbond substituents is 1. The predicted molar refractivity (Wildman–Crippen MR) is 149 cm³/mol. The normalized spacial score (nSPS) is 14.3. The molecule has 3 N–H and O–H groups in total. The lowest BCUT2D eigenvalue weighted by molar-refractivity contribution is 0.154. The first-order valence-electron chi connectivity index (χ1n) is 13.2. The zero-order chi connectivity index (χ0) is 26.3. The van der Waals surface area contributed by atoms with E-state index in [0.717, 1.165) is 69.0 Å². The van der Waals surface area contributed by atoms with Gasteiger partial charge in [0.2, 0.25) is 0 Å². The Kier molecular flexibility index (Phi) is 5.73. The van der Waals surface area contributed by atoms with E-state index in [2.05, 4.69) is 31.2 Å². The molecule has 1 aliphatic carbocycles. The van der Waals surface area contributed by atoms with Gasteiger partial charge in [0.1, 0.15) is 17.3 Å². The van der Waals surface area contributed by atoms with Crippen LogP contribution < -0.4 is 4.74 Å². The van der Waals surface area contributed by atoms with Crippen molar-refractivity contribution in [2.24, 2.45) is 0 Å². The van der Waals surface area contributed by atoms with Crippen molar-refractivity contribution in [2.75, 3.05) is 0 Å². The molecular weight excluding hydrogens is 493 g/mol. The zero-order valence-corrected chi connectivity index (χ0v) is 21.1. The van der Waals surface area contributed by atoms with E-state index in [4.69, 9.17) is 4.74 Å². The number of benzene rings is 2. The Morgan fingerprint density at radius 1 is 0.872 bits per heavy atom. The molecule has 1 saturated carbocycles. The molecule has 39 heavy (non-hydrogen) atoms. The third kappa shape index (κ3) is 4.48. The molecule has 0 unspecified atom stereocenters. The topological polar surface area (TPSA) is 99.7 Å². The highest BCUT2D eigenvalue weighted by Crippen LogP contribution is 2.36. The number of halogens is 1. The number of phenols is 1. The second-order valence-corrected chi connectivity index (χ2v) is 10.1. The molecule has 4 aromatic heterocycles. The summed E-state index contributed by atoms with van der Waals surface area (Å²) in [6, 6.07) is 15.9. The summed E-state index contributed by atoms with van der Waals surface area (Å²) in [5, 5.41) is 19.3. The van der Waals surface area contributed by atoms with Crippen molar-refractivity contribution < 1.29 is 14.2 Å². The molecule has 4 heterocycles. The highest BCUT2D eigenvalue weighted by atomic mass is 19.1. The molecule has 0 atom stereocenters. The molecule has 0 radical (unpaired) electrons. The van der Waals surface area contributed by atoms with E-state index in [9.17, 15) is 9.50 Å². The van der Waals surface area contributed by atoms with Crippen molar-refractivity contribution in [3.63, 3.8) is 0 Å². The van der Waals surface area contributed by atoms with Gasteiger partial charge in [-0.15, -0.1) is 0 Å². The van der Waals surface area contributed by atoms with Gasteiger partial charge in [0.05, 0.1) is 23.7 Å². The first-order chi connectivity index (χ1) is 19.1. The van der Waals surface area contributed by atoms with Crippen LogP contribution in [0.25, 0.3) is 55.6 Å². The quantitative estimate of drug-likeness (QED) is 0.220. The minimum absolute atomic E-state index is 0.112. The van der Waals surface area contributed by atoms with Crippen LogP contribution >= 0.6 is 0 Å². The van der Waals surface area contributed by atoms with Gasteiger partial charge in [0.25, 0.3) is 0 Å². The molecule has 6 aromatic rings. The second-order valence-electron chi connectivity index (χ2n) is 10.1. The predicted octanol–water partition coefficient (Wildman–Crippen LogP) is 7.39. The maximum atomic E-state index is 14.0. The van der Waals surface area contributed by atoms with Gasteiger partial charge in [-0.1, -0.05) is 18.6 Å². The van der Waals surface area contributed by atoms with Gasteiger partial charge in [-0.05, 0) is 73.2 Å². The molecular formula is C31H26FN5O2. The van der Waals surface area contributed by atoms with Crippen LogP contribution in [-0.4, -0.2) is 36.4 Å². The summed E-state index contributed by atoms with van der Waals surface area (Å²) in [7, 11) is 0. The number of hydrogen-bond donors (Lipinski definition) is 3. The van der Waals surface area contributed by atoms with Crippen LogP contribution in [0.3, 0.4) is 0 Å². The van der Waals surface area contributed by atoms with Gasteiger partial charge < -0.3 is 14.8 Å². The van der Waals surface area contributed by atoms with Gasteiger partial charge in [-0.25, -0.2) is 9.37 Å². The maximum Gasteiger partial charge on any atom is 0.181 e. The Morgan fingerprint density at radius 2 is 1.74 bits per heavy atom. The van der Waals surface area contributed by atoms with E-state index >= 15 is 0 Å². The SMILES string of the molecule is Oc1cc(F)cc(-c2cccc3[nH]c(-c4[nH]nc5ncc(-c6cncc(OC7CCCCC7)c6)cc45)cc23)c1. The summed E-state index contributed by atoms with van der Waals surface area (Å²) < 4.78 is 20.3. The van der Waals surface area contributed by atoms with E-state index in [1.54, 1.807) is 18.5 Å². The van der Waals surface area contributed by atoms with Crippen LogP contribution in [0.5, 0.6) is 11.5 Å². The molecule has 1 aliphatic rings. The molecule has 7 rings (SSSR count). The summed E-state index contributed by atoms with van der Waals surface area (Å²) in [6.45, 7) is 0. The molecule has 0 saturated heterocycles. The largest absolute Gasteiger partial charge is 0.508 e.